The minimum Gasteiger partial charge on any atom is -0.321 e. The fourth-order valence-corrected chi connectivity index (χ4v) is 2.95. The Hall–Kier alpha value is -3.98. The SMILES string of the molecule is CCN(C(=O)c1cc(C(=O)Nc2ccccc2C#N)ccn1)c1cccc(C)c1. The predicted molar refractivity (Wildman–Crippen MR) is 112 cm³/mol. The number of pyridine rings is 1. The van der Waals surface area contributed by atoms with E-state index in [1.165, 1.54) is 18.3 Å². The third kappa shape index (κ3) is 4.47. The second-order valence-electron chi connectivity index (χ2n) is 6.43. The molecule has 144 valence electrons. The molecule has 0 saturated carbocycles. The summed E-state index contributed by atoms with van der Waals surface area (Å²) in [5, 5.41) is 11.9. The van der Waals surface area contributed by atoms with Gasteiger partial charge in [-0.25, -0.2) is 0 Å². The Bertz CT molecular complexity index is 1100. The van der Waals surface area contributed by atoms with E-state index in [1.807, 2.05) is 44.2 Å². The average Bonchev–Trinajstić information content (AvgIpc) is 2.74. The quantitative estimate of drug-likeness (QED) is 0.715. The first-order chi connectivity index (χ1) is 14.0. The zero-order valence-corrected chi connectivity index (χ0v) is 16.2. The molecule has 3 rings (SSSR count). The van der Waals surface area contributed by atoms with Crippen molar-refractivity contribution < 1.29 is 9.59 Å². The number of hydrogen-bond donors (Lipinski definition) is 1. The zero-order chi connectivity index (χ0) is 20.8. The number of aryl methyl sites for hydroxylation is 1. The highest BCUT2D eigenvalue weighted by Gasteiger charge is 2.19. The Labute approximate surface area is 169 Å². The van der Waals surface area contributed by atoms with Crippen LogP contribution in [-0.2, 0) is 0 Å². The second kappa shape index (κ2) is 8.81. The minimum atomic E-state index is -0.414. The molecule has 1 N–H and O–H groups in total. The van der Waals surface area contributed by atoms with E-state index in [4.69, 9.17) is 0 Å². The molecule has 2 amide bonds. The Kier molecular flexibility index (Phi) is 6.00. The number of rotatable bonds is 5. The summed E-state index contributed by atoms with van der Waals surface area (Å²) in [7, 11) is 0. The first-order valence-corrected chi connectivity index (χ1v) is 9.18. The monoisotopic (exact) mass is 384 g/mol. The molecular formula is C23H20N4O2. The lowest BCUT2D eigenvalue weighted by Crippen LogP contribution is -2.31. The van der Waals surface area contributed by atoms with E-state index in [9.17, 15) is 14.9 Å². The molecule has 6 heteroatoms. The molecule has 0 bridgehead atoms. The Morgan fingerprint density at radius 1 is 1.10 bits per heavy atom. The second-order valence-corrected chi connectivity index (χ2v) is 6.43. The first kappa shape index (κ1) is 19.8. The molecule has 0 saturated heterocycles. The molecule has 0 aliphatic heterocycles. The molecule has 0 fully saturated rings. The van der Waals surface area contributed by atoms with Crippen molar-refractivity contribution >= 4 is 23.2 Å². The molecule has 1 aromatic heterocycles. The van der Waals surface area contributed by atoms with Crippen molar-refractivity contribution in [3.8, 4) is 6.07 Å². The highest BCUT2D eigenvalue weighted by atomic mass is 16.2. The van der Waals surface area contributed by atoms with E-state index in [-0.39, 0.29) is 17.2 Å². The number of nitrogens with one attached hydrogen (secondary N) is 1. The summed E-state index contributed by atoms with van der Waals surface area (Å²) in [5.74, 6) is -0.701. The van der Waals surface area contributed by atoms with Gasteiger partial charge in [0.05, 0.1) is 11.3 Å². The summed E-state index contributed by atoms with van der Waals surface area (Å²) in [6.07, 6.45) is 1.43. The van der Waals surface area contributed by atoms with E-state index in [1.54, 1.807) is 29.2 Å². The highest BCUT2D eigenvalue weighted by molar-refractivity contribution is 6.09. The van der Waals surface area contributed by atoms with Crippen LogP contribution in [0.5, 0.6) is 0 Å². The van der Waals surface area contributed by atoms with Gasteiger partial charge in [-0.15, -0.1) is 0 Å². The Balaban J connectivity index is 1.85. The van der Waals surface area contributed by atoms with Crippen molar-refractivity contribution in [1.29, 1.82) is 5.26 Å². The van der Waals surface area contributed by atoms with Gasteiger partial charge in [0.25, 0.3) is 11.8 Å². The van der Waals surface area contributed by atoms with Gasteiger partial charge in [0, 0.05) is 24.0 Å². The average molecular weight is 384 g/mol. The number of aromatic nitrogens is 1. The number of amides is 2. The number of hydrogen-bond acceptors (Lipinski definition) is 4. The molecular weight excluding hydrogens is 364 g/mol. The lowest BCUT2D eigenvalue weighted by atomic mass is 10.1. The van der Waals surface area contributed by atoms with E-state index in [0.717, 1.165) is 11.3 Å². The van der Waals surface area contributed by atoms with E-state index >= 15 is 0 Å². The van der Waals surface area contributed by atoms with Crippen LogP contribution >= 0.6 is 0 Å². The summed E-state index contributed by atoms with van der Waals surface area (Å²) in [6.45, 7) is 4.32. The van der Waals surface area contributed by atoms with Gasteiger partial charge in [-0.2, -0.15) is 5.26 Å². The maximum absolute atomic E-state index is 13.0. The summed E-state index contributed by atoms with van der Waals surface area (Å²) in [4.78, 5) is 31.4. The lowest BCUT2D eigenvalue weighted by molar-refractivity contribution is 0.0983. The van der Waals surface area contributed by atoms with Crippen LogP contribution in [0.15, 0.2) is 66.9 Å². The van der Waals surface area contributed by atoms with Gasteiger partial charge in [0.1, 0.15) is 11.8 Å². The first-order valence-electron chi connectivity index (χ1n) is 9.18. The van der Waals surface area contributed by atoms with Crippen LogP contribution < -0.4 is 10.2 Å². The largest absolute Gasteiger partial charge is 0.321 e. The smallest absolute Gasteiger partial charge is 0.276 e. The fourth-order valence-electron chi connectivity index (χ4n) is 2.95. The third-order valence-electron chi connectivity index (χ3n) is 4.41. The normalized spacial score (nSPS) is 10.1. The van der Waals surface area contributed by atoms with Crippen LogP contribution in [0.4, 0.5) is 11.4 Å². The summed E-state index contributed by atoms with van der Waals surface area (Å²) >= 11 is 0. The van der Waals surface area contributed by atoms with Crippen molar-refractivity contribution in [2.75, 3.05) is 16.8 Å². The van der Waals surface area contributed by atoms with Gasteiger partial charge >= 0.3 is 0 Å². The maximum Gasteiger partial charge on any atom is 0.276 e. The van der Waals surface area contributed by atoms with Gasteiger partial charge in [-0.1, -0.05) is 24.3 Å². The number of carbonyl (C=O) groups excluding carboxylic acids is 2. The molecule has 0 aliphatic rings. The molecule has 3 aromatic rings. The van der Waals surface area contributed by atoms with Gasteiger partial charge in [-0.05, 0) is 55.8 Å². The van der Waals surface area contributed by atoms with Crippen LogP contribution in [0.1, 0.15) is 38.9 Å². The number of nitriles is 1. The van der Waals surface area contributed by atoms with Crippen LogP contribution in [0, 0.1) is 18.3 Å². The Morgan fingerprint density at radius 2 is 1.90 bits per heavy atom. The maximum atomic E-state index is 13.0. The topological polar surface area (TPSA) is 86.1 Å². The van der Waals surface area contributed by atoms with Gasteiger partial charge in [0.15, 0.2) is 0 Å². The van der Waals surface area contributed by atoms with Crippen molar-refractivity contribution in [1.82, 2.24) is 4.98 Å². The molecule has 1 heterocycles. The van der Waals surface area contributed by atoms with Crippen LogP contribution in [0.2, 0.25) is 0 Å². The van der Waals surface area contributed by atoms with E-state index in [0.29, 0.717) is 17.8 Å². The molecule has 0 radical (unpaired) electrons. The van der Waals surface area contributed by atoms with Gasteiger partial charge in [-0.3, -0.25) is 14.6 Å². The number of para-hydroxylation sites is 1. The summed E-state index contributed by atoms with van der Waals surface area (Å²) in [5.41, 5.74) is 3.07. The molecule has 0 spiro atoms. The molecule has 0 aliphatic carbocycles. The molecule has 2 aromatic carbocycles. The minimum absolute atomic E-state index is 0.176. The van der Waals surface area contributed by atoms with Crippen molar-refractivity contribution in [2.45, 2.75) is 13.8 Å². The van der Waals surface area contributed by atoms with Gasteiger partial charge < -0.3 is 10.2 Å². The summed E-state index contributed by atoms with van der Waals surface area (Å²) < 4.78 is 0. The van der Waals surface area contributed by atoms with Crippen LogP contribution in [0.25, 0.3) is 0 Å². The third-order valence-corrected chi connectivity index (χ3v) is 4.41. The number of carbonyl (C=O) groups is 2. The molecule has 0 atom stereocenters. The van der Waals surface area contributed by atoms with Crippen LogP contribution in [-0.4, -0.2) is 23.3 Å². The molecule has 29 heavy (non-hydrogen) atoms. The van der Waals surface area contributed by atoms with Crippen LogP contribution in [0.3, 0.4) is 0 Å². The van der Waals surface area contributed by atoms with Crippen molar-refractivity contribution in [3.63, 3.8) is 0 Å². The molecule has 0 unspecified atom stereocenters. The number of nitrogens with zero attached hydrogens (tertiary/aromatic N) is 3. The highest BCUT2D eigenvalue weighted by Crippen LogP contribution is 2.19. The van der Waals surface area contributed by atoms with Crippen molar-refractivity contribution in [2.24, 2.45) is 0 Å². The lowest BCUT2D eigenvalue weighted by Gasteiger charge is -2.21. The molecule has 6 nitrogen and oxygen atoms in total. The van der Waals surface area contributed by atoms with Gasteiger partial charge in [0.2, 0.25) is 0 Å². The van der Waals surface area contributed by atoms with Crippen molar-refractivity contribution in [3.05, 3.63) is 89.2 Å². The number of anilines is 2. The predicted octanol–water partition coefficient (Wildman–Crippen LogP) is 4.18. The standard InChI is InChI=1S/C23H20N4O2/c1-3-27(19-9-6-7-16(2)13-19)23(29)21-14-17(11-12-25-21)22(28)26-20-10-5-4-8-18(20)15-24/h4-14H,3H2,1-2H3,(H,26,28). The fraction of sp³-hybridized carbons (Fsp3) is 0.130. The van der Waals surface area contributed by atoms with E-state index in [2.05, 4.69) is 10.3 Å². The number of benzene rings is 2. The summed E-state index contributed by atoms with van der Waals surface area (Å²) in [6, 6.07) is 19.4. The van der Waals surface area contributed by atoms with E-state index < -0.39 is 5.91 Å². The zero-order valence-electron chi connectivity index (χ0n) is 16.2. The Morgan fingerprint density at radius 3 is 2.62 bits per heavy atom.